The Kier molecular flexibility index (Phi) is 4.97. The van der Waals surface area contributed by atoms with Crippen molar-refractivity contribution in [2.24, 2.45) is 0 Å². The molecule has 0 aliphatic rings. The molecular weight excluding hydrogens is 262 g/mol. The van der Waals surface area contributed by atoms with Gasteiger partial charge in [0.15, 0.2) is 5.01 Å². The van der Waals surface area contributed by atoms with E-state index in [4.69, 9.17) is 9.47 Å². The number of rotatable bonds is 7. The van der Waals surface area contributed by atoms with E-state index in [0.29, 0.717) is 6.61 Å². The van der Waals surface area contributed by atoms with E-state index >= 15 is 0 Å². The molecule has 1 heterocycles. The summed E-state index contributed by atoms with van der Waals surface area (Å²) < 4.78 is 11.1. The fourth-order valence-corrected chi connectivity index (χ4v) is 2.02. The van der Waals surface area contributed by atoms with Gasteiger partial charge in [0.1, 0.15) is 18.1 Å². The van der Waals surface area contributed by atoms with Gasteiger partial charge in [0.2, 0.25) is 5.13 Å². The van der Waals surface area contributed by atoms with Crippen LogP contribution in [0.5, 0.6) is 11.5 Å². The molecule has 0 fully saturated rings. The van der Waals surface area contributed by atoms with Gasteiger partial charge in [0.25, 0.3) is 0 Å². The second-order valence-electron chi connectivity index (χ2n) is 3.86. The quantitative estimate of drug-likeness (QED) is 0.844. The summed E-state index contributed by atoms with van der Waals surface area (Å²) in [5.41, 5.74) is 0. The number of nitrogens with one attached hydrogen (secondary N) is 1. The van der Waals surface area contributed by atoms with Crippen molar-refractivity contribution in [3.05, 3.63) is 29.3 Å². The van der Waals surface area contributed by atoms with Gasteiger partial charge in [0.05, 0.1) is 6.61 Å². The lowest BCUT2D eigenvalue weighted by atomic mass is 10.3. The van der Waals surface area contributed by atoms with Crippen molar-refractivity contribution in [1.82, 2.24) is 10.2 Å². The Morgan fingerprint density at radius 2 is 1.79 bits per heavy atom. The number of anilines is 1. The van der Waals surface area contributed by atoms with E-state index in [-0.39, 0.29) is 0 Å². The van der Waals surface area contributed by atoms with Crippen molar-refractivity contribution < 1.29 is 9.47 Å². The monoisotopic (exact) mass is 279 g/mol. The van der Waals surface area contributed by atoms with Gasteiger partial charge in [-0.25, -0.2) is 0 Å². The topological polar surface area (TPSA) is 56.3 Å². The highest BCUT2D eigenvalue weighted by atomic mass is 32.1. The Balaban J connectivity index is 1.85. The average Bonchev–Trinajstić information content (AvgIpc) is 2.92. The molecule has 1 aromatic carbocycles. The van der Waals surface area contributed by atoms with Crippen LogP contribution in [-0.4, -0.2) is 23.9 Å². The minimum Gasteiger partial charge on any atom is -0.494 e. The van der Waals surface area contributed by atoms with Crippen LogP contribution in [0.15, 0.2) is 24.3 Å². The Hall–Kier alpha value is -1.82. The number of benzene rings is 1. The molecule has 0 bridgehead atoms. The molecule has 0 saturated carbocycles. The van der Waals surface area contributed by atoms with E-state index in [2.05, 4.69) is 22.4 Å². The lowest BCUT2D eigenvalue weighted by Gasteiger charge is -2.06. The van der Waals surface area contributed by atoms with Gasteiger partial charge in [-0.15, -0.1) is 10.2 Å². The molecule has 2 rings (SSSR count). The third kappa shape index (κ3) is 4.10. The third-order valence-electron chi connectivity index (χ3n) is 2.34. The van der Waals surface area contributed by atoms with Crippen LogP contribution in [0.1, 0.15) is 18.4 Å². The van der Waals surface area contributed by atoms with Crippen molar-refractivity contribution in [2.45, 2.75) is 20.0 Å². The average molecular weight is 279 g/mol. The van der Waals surface area contributed by atoms with Crippen LogP contribution in [-0.2, 0) is 6.61 Å². The van der Waals surface area contributed by atoms with E-state index in [1.165, 1.54) is 11.3 Å². The van der Waals surface area contributed by atoms with Crippen molar-refractivity contribution in [1.29, 1.82) is 0 Å². The van der Waals surface area contributed by atoms with E-state index < -0.39 is 0 Å². The zero-order valence-electron chi connectivity index (χ0n) is 11.0. The normalized spacial score (nSPS) is 10.2. The Morgan fingerprint density at radius 1 is 1.11 bits per heavy atom. The summed E-state index contributed by atoms with van der Waals surface area (Å²) in [6, 6.07) is 7.60. The van der Waals surface area contributed by atoms with Crippen LogP contribution in [0.4, 0.5) is 5.13 Å². The molecule has 2 aromatic rings. The van der Waals surface area contributed by atoms with Gasteiger partial charge >= 0.3 is 0 Å². The second-order valence-corrected chi connectivity index (χ2v) is 4.92. The maximum atomic E-state index is 5.63. The zero-order chi connectivity index (χ0) is 13.5. The highest BCUT2D eigenvalue weighted by molar-refractivity contribution is 7.15. The molecular formula is C13H17N3O2S. The highest BCUT2D eigenvalue weighted by Crippen LogP contribution is 2.20. The van der Waals surface area contributed by atoms with Crippen LogP contribution in [0.25, 0.3) is 0 Å². The minimum absolute atomic E-state index is 0.425. The molecule has 0 radical (unpaired) electrons. The summed E-state index contributed by atoms with van der Waals surface area (Å²) in [7, 11) is 1.82. The van der Waals surface area contributed by atoms with E-state index in [1.54, 1.807) is 0 Å². The standard InChI is InChI=1S/C13H17N3O2S/c1-3-8-17-10-4-6-11(7-5-10)18-9-12-15-16-13(14-2)19-12/h4-7H,3,8-9H2,1-2H3,(H,14,16). The summed E-state index contributed by atoms with van der Waals surface area (Å²) in [6.45, 7) is 3.24. The summed E-state index contributed by atoms with van der Waals surface area (Å²) in [4.78, 5) is 0. The first-order valence-electron chi connectivity index (χ1n) is 6.17. The molecule has 102 valence electrons. The fourth-order valence-electron chi connectivity index (χ4n) is 1.41. The third-order valence-corrected chi connectivity index (χ3v) is 3.25. The highest BCUT2D eigenvalue weighted by Gasteiger charge is 2.03. The van der Waals surface area contributed by atoms with Crippen LogP contribution in [0.2, 0.25) is 0 Å². The Bertz CT molecular complexity index is 499. The number of hydrogen-bond donors (Lipinski definition) is 1. The van der Waals surface area contributed by atoms with Gasteiger partial charge < -0.3 is 14.8 Å². The Labute approximate surface area is 116 Å². The number of aromatic nitrogens is 2. The molecule has 0 saturated heterocycles. The smallest absolute Gasteiger partial charge is 0.205 e. The lowest BCUT2D eigenvalue weighted by molar-refractivity contribution is 0.300. The molecule has 0 spiro atoms. The van der Waals surface area contributed by atoms with Gasteiger partial charge in [0, 0.05) is 7.05 Å². The van der Waals surface area contributed by atoms with Crippen molar-refractivity contribution in [2.75, 3.05) is 19.0 Å². The summed E-state index contributed by atoms with van der Waals surface area (Å²) in [5.74, 6) is 1.66. The summed E-state index contributed by atoms with van der Waals surface area (Å²) in [5, 5.41) is 12.6. The maximum Gasteiger partial charge on any atom is 0.205 e. The molecule has 6 heteroatoms. The molecule has 0 atom stereocenters. The number of hydrogen-bond acceptors (Lipinski definition) is 6. The van der Waals surface area contributed by atoms with Gasteiger partial charge in [-0.05, 0) is 30.7 Å². The molecule has 1 N–H and O–H groups in total. The van der Waals surface area contributed by atoms with Crippen LogP contribution < -0.4 is 14.8 Å². The van der Waals surface area contributed by atoms with E-state index in [0.717, 1.165) is 34.7 Å². The van der Waals surface area contributed by atoms with E-state index in [1.807, 2.05) is 31.3 Å². The predicted octanol–water partition coefficient (Wildman–Crippen LogP) is 2.95. The summed E-state index contributed by atoms with van der Waals surface area (Å²) in [6.07, 6.45) is 1.00. The molecule has 19 heavy (non-hydrogen) atoms. The Morgan fingerprint density at radius 3 is 2.37 bits per heavy atom. The molecule has 0 aliphatic heterocycles. The van der Waals surface area contributed by atoms with E-state index in [9.17, 15) is 0 Å². The van der Waals surface area contributed by atoms with Crippen LogP contribution >= 0.6 is 11.3 Å². The zero-order valence-corrected chi connectivity index (χ0v) is 11.9. The van der Waals surface area contributed by atoms with Gasteiger partial charge in [-0.2, -0.15) is 0 Å². The van der Waals surface area contributed by atoms with Gasteiger partial charge in [-0.1, -0.05) is 18.3 Å². The molecule has 0 amide bonds. The van der Waals surface area contributed by atoms with Crippen molar-refractivity contribution in [3.63, 3.8) is 0 Å². The number of nitrogens with zero attached hydrogens (tertiary/aromatic N) is 2. The SMILES string of the molecule is CCCOc1ccc(OCc2nnc(NC)s2)cc1. The number of ether oxygens (including phenoxy) is 2. The first-order chi connectivity index (χ1) is 9.31. The van der Waals surface area contributed by atoms with Gasteiger partial charge in [-0.3, -0.25) is 0 Å². The second kappa shape index (κ2) is 6.94. The minimum atomic E-state index is 0.425. The van der Waals surface area contributed by atoms with Crippen molar-refractivity contribution in [3.8, 4) is 11.5 Å². The fraction of sp³-hybridized carbons (Fsp3) is 0.385. The van der Waals surface area contributed by atoms with Crippen LogP contribution in [0.3, 0.4) is 0 Å². The molecule has 0 unspecified atom stereocenters. The van der Waals surface area contributed by atoms with Crippen LogP contribution in [0, 0.1) is 0 Å². The maximum absolute atomic E-state index is 5.63. The molecule has 0 aliphatic carbocycles. The lowest BCUT2D eigenvalue weighted by Crippen LogP contribution is -1.96. The molecule has 1 aromatic heterocycles. The first kappa shape index (κ1) is 13.6. The summed E-state index contributed by atoms with van der Waals surface area (Å²) >= 11 is 1.48. The van der Waals surface area contributed by atoms with Crippen molar-refractivity contribution >= 4 is 16.5 Å². The molecule has 5 nitrogen and oxygen atoms in total. The predicted molar refractivity (Wildman–Crippen MR) is 76.0 cm³/mol. The first-order valence-corrected chi connectivity index (χ1v) is 6.99. The largest absolute Gasteiger partial charge is 0.494 e.